The fraction of sp³-hybridized carbons (Fsp3) is 0.111. The molecule has 2 aliphatic heterocycles. The summed E-state index contributed by atoms with van der Waals surface area (Å²) in [4.78, 5) is 25.2. The summed E-state index contributed by atoms with van der Waals surface area (Å²) in [5.74, 6) is 0.778. The van der Waals surface area contributed by atoms with Crippen LogP contribution in [0.2, 0.25) is 0 Å². The van der Waals surface area contributed by atoms with Gasteiger partial charge in [-0.3, -0.25) is 4.79 Å². The summed E-state index contributed by atoms with van der Waals surface area (Å²) in [6.07, 6.45) is 0. The van der Waals surface area contributed by atoms with Crippen molar-refractivity contribution in [2.45, 2.75) is 25.4 Å². The maximum Gasteiger partial charge on any atom is 0.340 e. The summed E-state index contributed by atoms with van der Waals surface area (Å²) in [7, 11) is 0. The molecule has 0 saturated heterocycles. The van der Waals surface area contributed by atoms with Crippen molar-refractivity contribution < 1.29 is 24.5 Å². The average molecular weight is 587 g/mol. The second kappa shape index (κ2) is 10.00. The maximum absolute atomic E-state index is 12.6. The number of esters is 1. The Morgan fingerprint density at radius 2 is 1.33 bits per heavy atom. The van der Waals surface area contributed by atoms with Crippen molar-refractivity contribution in [3.05, 3.63) is 141 Å². The van der Waals surface area contributed by atoms with Gasteiger partial charge in [-0.2, -0.15) is 0 Å². The Bertz CT molecular complexity index is 2090. The monoisotopic (exact) mass is 586 g/mol. The summed E-state index contributed by atoms with van der Waals surface area (Å²) in [5, 5.41) is 21.4. The fourth-order valence-electron chi connectivity index (χ4n) is 6.01. The number of hydrogen-bond acceptors (Lipinski definition) is 7. The van der Waals surface area contributed by atoms with Gasteiger partial charge in [-0.25, -0.2) is 4.79 Å². The molecule has 8 rings (SSSR count). The second-order valence-corrected chi connectivity index (χ2v) is 12.0. The van der Waals surface area contributed by atoms with Gasteiger partial charge < -0.3 is 19.7 Å². The van der Waals surface area contributed by atoms with Crippen LogP contribution in [-0.2, 0) is 10.3 Å². The van der Waals surface area contributed by atoms with Gasteiger partial charge in [0, 0.05) is 49.0 Å². The first-order chi connectivity index (χ1) is 20.8. The molecule has 212 valence electrons. The van der Waals surface area contributed by atoms with Gasteiger partial charge in [-0.05, 0) is 60.0 Å². The van der Waals surface area contributed by atoms with Gasteiger partial charge in [-0.1, -0.05) is 56.3 Å². The quantitative estimate of drug-likeness (QED) is 0.149. The van der Waals surface area contributed by atoms with Crippen LogP contribution in [0.1, 0.15) is 52.4 Å². The fourth-order valence-corrected chi connectivity index (χ4v) is 7.12. The maximum atomic E-state index is 12.6. The highest BCUT2D eigenvalue weighted by molar-refractivity contribution is 7.24. The molecule has 6 nitrogen and oxygen atoms in total. The van der Waals surface area contributed by atoms with Gasteiger partial charge in [0.15, 0.2) is 11.0 Å². The van der Waals surface area contributed by atoms with Gasteiger partial charge >= 0.3 is 5.97 Å². The number of carbonyl (C=O) groups excluding carboxylic acids is 1. The molecule has 5 aromatic carbocycles. The number of phenolic OH excluding ortho intramolecular Hbond substituents is 2. The molecule has 6 aromatic rings. The molecule has 7 heteroatoms. The lowest BCUT2D eigenvalue weighted by Crippen LogP contribution is -2.32. The molecule has 0 bridgehead atoms. The predicted molar refractivity (Wildman–Crippen MR) is 168 cm³/mol. The Morgan fingerprint density at radius 3 is 2.02 bits per heavy atom. The standard InChI is InChI=1S/C20H12O5.C16H14OS/c21-11-5-7-15-17(9-11)24-18-10-12(22)6-8-16(18)20(15)14-4-2-1-3-13(14)19(23)25-20;1-10(2)11-7-5-9-14-15(11)16(17)12-6-3-4-8-13(12)18-14/h1-10,21-22H;3-10H,1-2H3. The summed E-state index contributed by atoms with van der Waals surface area (Å²) < 4.78 is 13.9. The molecule has 0 unspecified atom stereocenters. The van der Waals surface area contributed by atoms with Crippen molar-refractivity contribution in [2.24, 2.45) is 0 Å². The lowest BCUT2D eigenvalue weighted by atomic mass is 9.77. The van der Waals surface area contributed by atoms with Crippen LogP contribution < -0.4 is 10.2 Å². The smallest absolute Gasteiger partial charge is 0.340 e. The lowest BCUT2D eigenvalue weighted by molar-refractivity contribution is 0.0224. The minimum Gasteiger partial charge on any atom is -0.508 e. The SMILES string of the molecule is CC(C)c1cccc2sc3ccccc3c(=O)c12.O=C1OC2(c3ccc(O)cc3Oc3cc(O)ccc32)c2ccccc21. The van der Waals surface area contributed by atoms with Gasteiger partial charge in [0.05, 0.1) is 5.56 Å². The summed E-state index contributed by atoms with van der Waals surface area (Å²) in [6, 6.07) is 30.6. The number of ether oxygens (including phenoxy) is 2. The van der Waals surface area contributed by atoms with Crippen molar-refractivity contribution >= 4 is 37.5 Å². The van der Waals surface area contributed by atoms with E-state index in [1.807, 2.05) is 48.5 Å². The van der Waals surface area contributed by atoms with E-state index in [2.05, 4.69) is 19.9 Å². The number of rotatable bonds is 1. The Labute approximate surface area is 251 Å². The minimum atomic E-state index is -1.17. The third kappa shape index (κ3) is 4.15. The Morgan fingerprint density at radius 1 is 0.698 bits per heavy atom. The van der Waals surface area contributed by atoms with Crippen LogP contribution in [0.15, 0.2) is 108 Å². The lowest BCUT2D eigenvalue weighted by Gasteiger charge is -2.36. The van der Waals surface area contributed by atoms with Crippen LogP contribution >= 0.6 is 11.3 Å². The average Bonchev–Trinajstić information content (AvgIpc) is 3.29. The zero-order chi connectivity index (χ0) is 29.9. The summed E-state index contributed by atoms with van der Waals surface area (Å²) >= 11 is 1.70. The zero-order valence-electron chi connectivity index (χ0n) is 23.3. The van der Waals surface area contributed by atoms with E-state index in [0.29, 0.717) is 39.7 Å². The van der Waals surface area contributed by atoms with E-state index >= 15 is 0 Å². The normalized spacial score (nSPS) is 14.0. The molecule has 0 amide bonds. The first-order valence-corrected chi connectivity index (χ1v) is 14.7. The molecular formula is C36H26O6S. The van der Waals surface area contributed by atoms with Crippen LogP contribution in [0.5, 0.6) is 23.0 Å². The molecule has 0 atom stereocenters. The molecule has 43 heavy (non-hydrogen) atoms. The third-order valence-electron chi connectivity index (χ3n) is 7.94. The zero-order valence-corrected chi connectivity index (χ0v) is 24.1. The second-order valence-electron chi connectivity index (χ2n) is 10.9. The number of benzene rings is 5. The van der Waals surface area contributed by atoms with E-state index in [-0.39, 0.29) is 16.9 Å². The van der Waals surface area contributed by atoms with Crippen molar-refractivity contribution in [2.75, 3.05) is 0 Å². The number of fused-ring (bicyclic) bond motifs is 8. The van der Waals surface area contributed by atoms with Crippen LogP contribution in [0.3, 0.4) is 0 Å². The minimum absolute atomic E-state index is 0.0371. The molecule has 0 radical (unpaired) electrons. The number of carbonyl (C=O) groups is 1. The Hall–Kier alpha value is -5.14. The van der Waals surface area contributed by atoms with Crippen molar-refractivity contribution in [1.82, 2.24) is 0 Å². The summed E-state index contributed by atoms with van der Waals surface area (Å²) in [6.45, 7) is 4.27. The van der Waals surface area contributed by atoms with E-state index in [0.717, 1.165) is 25.7 Å². The van der Waals surface area contributed by atoms with Gasteiger partial charge in [-0.15, -0.1) is 11.3 Å². The van der Waals surface area contributed by atoms with Crippen LogP contribution in [0, 0.1) is 0 Å². The van der Waals surface area contributed by atoms with Crippen LogP contribution in [0.4, 0.5) is 0 Å². The largest absolute Gasteiger partial charge is 0.508 e. The summed E-state index contributed by atoms with van der Waals surface area (Å²) in [5.41, 5.74) is 2.61. The third-order valence-corrected chi connectivity index (χ3v) is 9.08. The van der Waals surface area contributed by atoms with E-state index in [9.17, 15) is 19.8 Å². The molecule has 1 aromatic heterocycles. The van der Waals surface area contributed by atoms with Crippen molar-refractivity contribution in [1.29, 1.82) is 0 Å². The van der Waals surface area contributed by atoms with E-state index in [1.165, 1.54) is 24.3 Å². The Kier molecular flexibility index (Phi) is 6.22. The van der Waals surface area contributed by atoms with Crippen molar-refractivity contribution in [3.8, 4) is 23.0 Å². The molecule has 3 heterocycles. The van der Waals surface area contributed by atoms with Crippen LogP contribution in [0.25, 0.3) is 20.2 Å². The predicted octanol–water partition coefficient (Wildman–Crippen LogP) is 8.20. The van der Waals surface area contributed by atoms with E-state index < -0.39 is 11.6 Å². The molecule has 0 fully saturated rings. The molecule has 1 spiro atoms. The van der Waals surface area contributed by atoms with Gasteiger partial charge in [0.1, 0.15) is 23.0 Å². The molecule has 2 aliphatic rings. The highest BCUT2D eigenvalue weighted by Crippen LogP contribution is 2.56. The number of hydrogen-bond donors (Lipinski definition) is 2. The molecule has 2 N–H and O–H groups in total. The molecule has 0 saturated carbocycles. The topological polar surface area (TPSA) is 93.1 Å². The highest BCUT2D eigenvalue weighted by Gasteiger charge is 2.53. The van der Waals surface area contributed by atoms with Gasteiger partial charge in [0.2, 0.25) is 0 Å². The molecular weight excluding hydrogens is 560 g/mol. The number of aromatic hydroxyl groups is 2. The first-order valence-electron chi connectivity index (χ1n) is 13.9. The first kappa shape index (κ1) is 26.7. The Balaban J connectivity index is 0.000000148. The molecule has 0 aliphatic carbocycles. The van der Waals surface area contributed by atoms with E-state index in [1.54, 1.807) is 35.6 Å². The van der Waals surface area contributed by atoms with E-state index in [4.69, 9.17) is 9.47 Å². The van der Waals surface area contributed by atoms with Crippen LogP contribution in [-0.4, -0.2) is 16.2 Å². The van der Waals surface area contributed by atoms with Gasteiger partial charge in [0.25, 0.3) is 0 Å². The highest BCUT2D eigenvalue weighted by atomic mass is 32.1. The van der Waals surface area contributed by atoms with Crippen molar-refractivity contribution in [3.63, 3.8) is 0 Å². The number of phenols is 2.